The molecule has 0 heterocycles. The van der Waals surface area contributed by atoms with E-state index >= 15 is 0 Å². The standard InChI is InChI=1S/C16H24O2/c1-3-13-8-7-9-14(12-13)15(17)16(18-4-2)10-5-6-11-16/h7-9,12,15,17H,3-6,10-11H2,1-2H3. The lowest BCUT2D eigenvalue weighted by Gasteiger charge is -2.34. The molecule has 0 bridgehead atoms. The van der Waals surface area contributed by atoms with Crippen molar-refractivity contribution in [2.75, 3.05) is 6.61 Å². The van der Waals surface area contributed by atoms with E-state index in [-0.39, 0.29) is 5.60 Å². The maximum absolute atomic E-state index is 10.7. The first-order valence-electron chi connectivity index (χ1n) is 7.12. The van der Waals surface area contributed by atoms with Gasteiger partial charge in [-0.1, -0.05) is 44.0 Å². The number of aliphatic hydroxyl groups excluding tert-OH is 1. The molecule has 1 aliphatic carbocycles. The summed E-state index contributed by atoms with van der Waals surface area (Å²) in [6.45, 7) is 4.82. The fourth-order valence-electron chi connectivity index (χ4n) is 3.04. The van der Waals surface area contributed by atoms with Crippen LogP contribution in [0.1, 0.15) is 56.8 Å². The zero-order valence-corrected chi connectivity index (χ0v) is 11.5. The number of benzene rings is 1. The van der Waals surface area contributed by atoms with Gasteiger partial charge >= 0.3 is 0 Å². The molecule has 0 amide bonds. The Kier molecular flexibility index (Phi) is 4.41. The van der Waals surface area contributed by atoms with Gasteiger partial charge in [-0.15, -0.1) is 0 Å². The van der Waals surface area contributed by atoms with Gasteiger partial charge in [-0.05, 0) is 37.3 Å². The Morgan fingerprint density at radius 2 is 2.00 bits per heavy atom. The molecule has 1 aromatic rings. The molecule has 0 saturated heterocycles. The molecule has 1 aromatic carbocycles. The SMILES string of the molecule is CCOC1(C(O)c2cccc(CC)c2)CCCC1. The van der Waals surface area contributed by atoms with Crippen LogP contribution in [0.5, 0.6) is 0 Å². The van der Waals surface area contributed by atoms with Crippen LogP contribution in [0.4, 0.5) is 0 Å². The Labute approximate surface area is 110 Å². The van der Waals surface area contributed by atoms with Crippen LogP contribution in [0.2, 0.25) is 0 Å². The fourth-order valence-corrected chi connectivity index (χ4v) is 3.04. The van der Waals surface area contributed by atoms with Gasteiger partial charge in [0.1, 0.15) is 6.10 Å². The first-order chi connectivity index (χ1) is 8.72. The smallest absolute Gasteiger partial charge is 0.108 e. The molecule has 2 nitrogen and oxygen atoms in total. The molecule has 1 aliphatic rings. The van der Waals surface area contributed by atoms with Crippen molar-refractivity contribution in [1.29, 1.82) is 0 Å². The third kappa shape index (κ3) is 2.60. The molecule has 0 aromatic heterocycles. The number of aryl methyl sites for hydroxylation is 1. The molecule has 100 valence electrons. The highest BCUT2D eigenvalue weighted by atomic mass is 16.5. The van der Waals surface area contributed by atoms with Gasteiger partial charge in [0.05, 0.1) is 5.60 Å². The molecule has 2 rings (SSSR count). The molecule has 1 N–H and O–H groups in total. The summed E-state index contributed by atoms with van der Waals surface area (Å²) in [5.74, 6) is 0. The zero-order chi connectivity index (χ0) is 13.0. The summed E-state index contributed by atoms with van der Waals surface area (Å²) < 4.78 is 5.93. The Morgan fingerprint density at radius 3 is 2.61 bits per heavy atom. The van der Waals surface area contributed by atoms with E-state index in [1.165, 1.54) is 5.56 Å². The highest BCUT2D eigenvalue weighted by Gasteiger charge is 2.42. The van der Waals surface area contributed by atoms with Crippen LogP contribution < -0.4 is 0 Å². The van der Waals surface area contributed by atoms with Crippen molar-refractivity contribution in [3.05, 3.63) is 35.4 Å². The lowest BCUT2D eigenvalue weighted by molar-refractivity contribution is -0.118. The van der Waals surface area contributed by atoms with E-state index in [1.54, 1.807) is 0 Å². The molecule has 1 saturated carbocycles. The summed E-state index contributed by atoms with van der Waals surface area (Å²) in [5, 5.41) is 10.7. The highest BCUT2D eigenvalue weighted by Crippen LogP contribution is 2.43. The van der Waals surface area contributed by atoms with Crippen LogP contribution in [0.15, 0.2) is 24.3 Å². The lowest BCUT2D eigenvalue weighted by Crippen LogP contribution is -2.36. The van der Waals surface area contributed by atoms with Crippen LogP contribution in [0.25, 0.3) is 0 Å². The van der Waals surface area contributed by atoms with E-state index in [9.17, 15) is 5.11 Å². The van der Waals surface area contributed by atoms with Gasteiger partial charge in [-0.2, -0.15) is 0 Å². The Morgan fingerprint density at radius 1 is 1.28 bits per heavy atom. The van der Waals surface area contributed by atoms with Gasteiger partial charge in [-0.3, -0.25) is 0 Å². The van der Waals surface area contributed by atoms with Crippen molar-refractivity contribution in [2.24, 2.45) is 0 Å². The molecule has 1 atom stereocenters. The minimum Gasteiger partial charge on any atom is -0.385 e. The monoisotopic (exact) mass is 248 g/mol. The number of aliphatic hydroxyl groups is 1. The van der Waals surface area contributed by atoms with E-state index < -0.39 is 6.10 Å². The minimum atomic E-state index is -0.494. The van der Waals surface area contributed by atoms with Crippen molar-refractivity contribution in [2.45, 2.75) is 57.7 Å². The molecule has 0 aliphatic heterocycles. The van der Waals surface area contributed by atoms with Gasteiger partial charge in [-0.25, -0.2) is 0 Å². The average molecular weight is 248 g/mol. The molecule has 0 spiro atoms. The van der Waals surface area contributed by atoms with Crippen molar-refractivity contribution in [1.82, 2.24) is 0 Å². The minimum absolute atomic E-state index is 0.346. The van der Waals surface area contributed by atoms with E-state index in [0.29, 0.717) is 6.61 Å². The van der Waals surface area contributed by atoms with E-state index in [2.05, 4.69) is 19.1 Å². The quantitative estimate of drug-likeness (QED) is 0.862. The predicted molar refractivity (Wildman–Crippen MR) is 73.6 cm³/mol. The number of ether oxygens (including phenoxy) is 1. The summed E-state index contributed by atoms with van der Waals surface area (Å²) in [6.07, 6.45) is 4.76. The second-order valence-corrected chi connectivity index (χ2v) is 5.21. The topological polar surface area (TPSA) is 29.5 Å². The van der Waals surface area contributed by atoms with Crippen LogP contribution in [0.3, 0.4) is 0 Å². The van der Waals surface area contributed by atoms with Crippen LogP contribution in [-0.2, 0) is 11.2 Å². The van der Waals surface area contributed by atoms with Gasteiger partial charge in [0, 0.05) is 6.61 Å². The molecule has 1 fully saturated rings. The van der Waals surface area contributed by atoms with E-state index in [1.807, 2.05) is 19.1 Å². The Bertz CT molecular complexity index is 380. The maximum atomic E-state index is 10.7. The van der Waals surface area contributed by atoms with Crippen molar-refractivity contribution in [3.63, 3.8) is 0 Å². The van der Waals surface area contributed by atoms with Crippen LogP contribution in [-0.4, -0.2) is 17.3 Å². The molecule has 1 unspecified atom stereocenters. The third-order valence-corrected chi connectivity index (χ3v) is 4.06. The predicted octanol–water partition coefficient (Wildman–Crippen LogP) is 3.63. The highest BCUT2D eigenvalue weighted by molar-refractivity contribution is 5.27. The second kappa shape index (κ2) is 5.85. The molecular weight excluding hydrogens is 224 g/mol. The molecule has 18 heavy (non-hydrogen) atoms. The largest absolute Gasteiger partial charge is 0.385 e. The van der Waals surface area contributed by atoms with Crippen molar-refractivity contribution in [3.8, 4) is 0 Å². The van der Waals surface area contributed by atoms with Crippen molar-refractivity contribution < 1.29 is 9.84 Å². The summed E-state index contributed by atoms with van der Waals surface area (Å²) in [6, 6.07) is 8.27. The number of hydrogen-bond acceptors (Lipinski definition) is 2. The van der Waals surface area contributed by atoms with Crippen LogP contribution >= 0.6 is 0 Å². The molecular formula is C16H24O2. The maximum Gasteiger partial charge on any atom is 0.108 e. The van der Waals surface area contributed by atoms with Crippen LogP contribution in [0, 0.1) is 0 Å². The first-order valence-corrected chi connectivity index (χ1v) is 7.12. The average Bonchev–Trinajstić information content (AvgIpc) is 2.88. The Hall–Kier alpha value is -0.860. The molecule has 0 radical (unpaired) electrons. The third-order valence-electron chi connectivity index (χ3n) is 4.06. The van der Waals surface area contributed by atoms with Gasteiger partial charge in [0.15, 0.2) is 0 Å². The lowest BCUT2D eigenvalue weighted by atomic mass is 9.88. The fraction of sp³-hybridized carbons (Fsp3) is 0.625. The van der Waals surface area contributed by atoms with Gasteiger partial charge in [0.2, 0.25) is 0 Å². The van der Waals surface area contributed by atoms with E-state index in [4.69, 9.17) is 4.74 Å². The van der Waals surface area contributed by atoms with Gasteiger partial charge in [0.25, 0.3) is 0 Å². The van der Waals surface area contributed by atoms with Gasteiger partial charge < -0.3 is 9.84 Å². The first kappa shape index (κ1) is 13.6. The Balaban J connectivity index is 2.24. The summed E-state index contributed by atoms with van der Waals surface area (Å²) in [4.78, 5) is 0. The normalized spacial score (nSPS) is 19.9. The second-order valence-electron chi connectivity index (χ2n) is 5.21. The number of hydrogen-bond donors (Lipinski definition) is 1. The summed E-state index contributed by atoms with van der Waals surface area (Å²) in [5.41, 5.74) is 1.93. The zero-order valence-electron chi connectivity index (χ0n) is 11.5. The van der Waals surface area contributed by atoms with E-state index in [0.717, 1.165) is 37.7 Å². The number of rotatable bonds is 5. The van der Waals surface area contributed by atoms with Crippen molar-refractivity contribution >= 4 is 0 Å². The molecule has 2 heteroatoms. The summed E-state index contributed by atoms with van der Waals surface area (Å²) in [7, 11) is 0. The summed E-state index contributed by atoms with van der Waals surface area (Å²) >= 11 is 0.